The molecular weight excluding hydrogens is 482 g/mol. The molecule has 1 amide bonds. The summed E-state index contributed by atoms with van der Waals surface area (Å²) >= 11 is 3.33. The number of esters is 1. The molecule has 3 aromatic rings. The average Bonchev–Trinajstić information content (AvgIpc) is 2.81. The third-order valence-corrected chi connectivity index (χ3v) is 5.77. The van der Waals surface area contributed by atoms with Gasteiger partial charge in [0, 0.05) is 23.5 Å². The van der Waals surface area contributed by atoms with Crippen LogP contribution >= 0.6 is 15.9 Å². The molecule has 0 aliphatic heterocycles. The van der Waals surface area contributed by atoms with E-state index in [-0.39, 0.29) is 11.3 Å². The van der Waals surface area contributed by atoms with E-state index in [2.05, 4.69) is 52.0 Å². The molecule has 1 N–H and O–H groups in total. The number of amides is 1. The van der Waals surface area contributed by atoms with Gasteiger partial charge in [-0.3, -0.25) is 4.79 Å². The molecule has 0 aliphatic rings. The monoisotopic (exact) mass is 509 g/mol. The third-order valence-electron chi connectivity index (χ3n) is 5.36. The fraction of sp³-hybridized carbons (Fsp3) is 0.308. The molecule has 0 bridgehead atoms. The van der Waals surface area contributed by atoms with Crippen molar-refractivity contribution in [2.24, 2.45) is 0 Å². The zero-order valence-electron chi connectivity index (χ0n) is 19.3. The number of nitrogens with zero attached hydrogens (tertiary/aromatic N) is 2. The van der Waals surface area contributed by atoms with Crippen molar-refractivity contribution in [3.63, 3.8) is 0 Å². The van der Waals surface area contributed by atoms with Crippen molar-refractivity contribution in [1.82, 2.24) is 15.3 Å². The van der Waals surface area contributed by atoms with Crippen LogP contribution in [-0.2, 0) is 21.4 Å². The molecule has 1 atom stereocenters. The van der Waals surface area contributed by atoms with E-state index in [1.165, 1.54) is 7.11 Å². The fourth-order valence-electron chi connectivity index (χ4n) is 3.35. The lowest BCUT2D eigenvalue weighted by Gasteiger charge is -2.20. The van der Waals surface area contributed by atoms with Gasteiger partial charge in [0.2, 0.25) is 0 Å². The standard InChI is InChI=1S/C26H28BrN3O3/c1-26(2,3)20-12-10-19(11-13-20)24(31)30-22(25(32)33-4)14-7-17-5-8-18(9-6-17)23-28-15-21(27)16-29-23/h5-6,8-13,15-16,22H,7,14H2,1-4H3,(H,30,31)/t22-/m0/s1. The first-order chi connectivity index (χ1) is 15.7. The van der Waals surface area contributed by atoms with Crippen LogP contribution in [0.25, 0.3) is 11.4 Å². The average molecular weight is 510 g/mol. The van der Waals surface area contributed by atoms with Crippen LogP contribution in [-0.4, -0.2) is 35.0 Å². The Morgan fingerprint density at radius 2 is 1.61 bits per heavy atom. The van der Waals surface area contributed by atoms with E-state index in [0.29, 0.717) is 24.2 Å². The van der Waals surface area contributed by atoms with Gasteiger partial charge in [-0.2, -0.15) is 0 Å². The molecule has 2 aromatic carbocycles. The molecule has 0 saturated carbocycles. The first-order valence-corrected chi connectivity index (χ1v) is 11.5. The Morgan fingerprint density at radius 3 is 2.15 bits per heavy atom. The van der Waals surface area contributed by atoms with Crippen LogP contribution in [0.1, 0.15) is 48.7 Å². The van der Waals surface area contributed by atoms with Crippen LogP contribution in [0.2, 0.25) is 0 Å². The predicted octanol–water partition coefficient (Wildman–Crippen LogP) is 5.11. The number of aryl methyl sites for hydroxylation is 1. The number of aromatic nitrogens is 2. The number of rotatable bonds is 7. The Balaban J connectivity index is 1.64. The van der Waals surface area contributed by atoms with E-state index in [1.54, 1.807) is 24.5 Å². The van der Waals surface area contributed by atoms with Crippen molar-refractivity contribution in [2.75, 3.05) is 7.11 Å². The van der Waals surface area contributed by atoms with Gasteiger partial charge in [-0.05, 0) is 57.4 Å². The molecule has 0 aliphatic carbocycles. The summed E-state index contributed by atoms with van der Waals surface area (Å²) in [7, 11) is 1.33. The molecule has 0 unspecified atom stereocenters. The van der Waals surface area contributed by atoms with Gasteiger partial charge in [0.1, 0.15) is 6.04 Å². The number of halogens is 1. The fourth-order valence-corrected chi connectivity index (χ4v) is 3.55. The smallest absolute Gasteiger partial charge is 0.328 e. The Kier molecular flexibility index (Phi) is 7.97. The normalized spacial score (nSPS) is 12.2. The maximum atomic E-state index is 12.7. The van der Waals surface area contributed by atoms with E-state index in [9.17, 15) is 9.59 Å². The van der Waals surface area contributed by atoms with Crippen LogP contribution in [0, 0.1) is 0 Å². The molecule has 1 heterocycles. The first kappa shape index (κ1) is 24.6. The Labute approximate surface area is 202 Å². The third kappa shape index (κ3) is 6.71. The molecule has 0 radical (unpaired) electrons. The van der Waals surface area contributed by atoms with Gasteiger partial charge >= 0.3 is 5.97 Å². The minimum absolute atomic E-state index is 0.00257. The molecule has 1 aromatic heterocycles. The van der Waals surface area contributed by atoms with Crippen LogP contribution in [0.4, 0.5) is 0 Å². The summed E-state index contributed by atoms with van der Waals surface area (Å²) in [6, 6.07) is 14.6. The first-order valence-electron chi connectivity index (χ1n) is 10.7. The van der Waals surface area contributed by atoms with Crippen molar-refractivity contribution in [2.45, 2.75) is 45.1 Å². The highest BCUT2D eigenvalue weighted by molar-refractivity contribution is 9.10. The summed E-state index contributed by atoms with van der Waals surface area (Å²) in [6.07, 6.45) is 4.43. The summed E-state index contributed by atoms with van der Waals surface area (Å²) in [4.78, 5) is 33.6. The SMILES string of the molecule is COC(=O)[C@H](CCc1ccc(-c2ncc(Br)cn2)cc1)NC(=O)c1ccc(C(C)(C)C)cc1. The zero-order chi connectivity index (χ0) is 24.0. The van der Waals surface area contributed by atoms with Crippen molar-refractivity contribution in [3.05, 3.63) is 82.1 Å². The number of ether oxygens (including phenoxy) is 1. The number of nitrogens with one attached hydrogen (secondary N) is 1. The van der Waals surface area contributed by atoms with Crippen molar-refractivity contribution < 1.29 is 14.3 Å². The van der Waals surface area contributed by atoms with E-state index in [0.717, 1.165) is 21.2 Å². The van der Waals surface area contributed by atoms with Gasteiger partial charge in [0.15, 0.2) is 5.82 Å². The largest absolute Gasteiger partial charge is 0.467 e. The number of methoxy groups -OCH3 is 1. The lowest BCUT2D eigenvalue weighted by molar-refractivity contribution is -0.143. The molecular formula is C26H28BrN3O3. The highest BCUT2D eigenvalue weighted by Crippen LogP contribution is 2.22. The number of hydrogen-bond acceptors (Lipinski definition) is 5. The van der Waals surface area contributed by atoms with Crippen molar-refractivity contribution in [1.29, 1.82) is 0 Å². The van der Waals surface area contributed by atoms with E-state index >= 15 is 0 Å². The maximum Gasteiger partial charge on any atom is 0.328 e. The number of benzene rings is 2. The highest BCUT2D eigenvalue weighted by Gasteiger charge is 2.22. The lowest BCUT2D eigenvalue weighted by atomic mass is 9.86. The summed E-state index contributed by atoms with van der Waals surface area (Å²) in [5.74, 6) is -0.120. The molecule has 6 nitrogen and oxygen atoms in total. The minimum atomic E-state index is -0.737. The molecule has 0 fully saturated rings. The Morgan fingerprint density at radius 1 is 1.00 bits per heavy atom. The summed E-state index contributed by atoms with van der Waals surface area (Å²) in [5.41, 5.74) is 3.59. The quantitative estimate of drug-likeness (QED) is 0.447. The van der Waals surface area contributed by atoms with Crippen LogP contribution in [0.15, 0.2) is 65.4 Å². The second kappa shape index (κ2) is 10.7. The molecule has 3 rings (SSSR count). The van der Waals surface area contributed by atoms with Gasteiger partial charge in [-0.1, -0.05) is 57.2 Å². The lowest BCUT2D eigenvalue weighted by Crippen LogP contribution is -2.41. The number of carbonyl (C=O) groups excluding carboxylic acids is 2. The van der Waals surface area contributed by atoms with Gasteiger partial charge in [-0.25, -0.2) is 14.8 Å². The van der Waals surface area contributed by atoms with Gasteiger partial charge in [-0.15, -0.1) is 0 Å². The van der Waals surface area contributed by atoms with E-state index in [4.69, 9.17) is 4.74 Å². The van der Waals surface area contributed by atoms with Crippen molar-refractivity contribution in [3.8, 4) is 11.4 Å². The van der Waals surface area contributed by atoms with Gasteiger partial charge in [0.25, 0.3) is 5.91 Å². The Bertz CT molecular complexity index is 1090. The number of carbonyl (C=O) groups is 2. The maximum absolute atomic E-state index is 12.7. The van der Waals surface area contributed by atoms with E-state index < -0.39 is 12.0 Å². The van der Waals surface area contributed by atoms with Crippen LogP contribution < -0.4 is 5.32 Å². The van der Waals surface area contributed by atoms with Crippen LogP contribution in [0.5, 0.6) is 0 Å². The Hall–Kier alpha value is -3.06. The number of hydrogen-bond donors (Lipinski definition) is 1. The second-order valence-electron chi connectivity index (χ2n) is 8.84. The molecule has 0 spiro atoms. The minimum Gasteiger partial charge on any atom is -0.467 e. The summed E-state index contributed by atoms with van der Waals surface area (Å²) in [6.45, 7) is 6.36. The van der Waals surface area contributed by atoms with Gasteiger partial charge in [0.05, 0.1) is 11.6 Å². The van der Waals surface area contributed by atoms with Crippen molar-refractivity contribution >= 4 is 27.8 Å². The molecule has 172 valence electrons. The topological polar surface area (TPSA) is 81.2 Å². The predicted molar refractivity (Wildman–Crippen MR) is 132 cm³/mol. The zero-order valence-corrected chi connectivity index (χ0v) is 20.8. The second-order valence-corrected chi connectivity index (χ2v) is 9.75. The van der Waals surface area contributed by atoms with Gasteiger partial charge < -0.3 is 10.1 Å². The molecule has 7 heteroatoms. The highest BCUT2D eigenvalue weighted by atomic mass is 79.9. The summed E-state index contributed by atoms with van der Waals surface area (Å²) < 4.78 is 5.74. The molecule has 33 heavy (non-hydrogen) atoms. The van der Waals surface area contributed by atoms with Crippen LogP contribution in [0.3, 0.4) is 0 Å². The summed E-state index contributed by atoms with van der Waals surface area (Å²) in [5, 5.41) is 2.82. The van der Waals surface area contributed by atoms with E-state index in [1.807, 2.05) is 36.4 Å². The molecule has 0 saturated heterocycles.